The number of aromatic nitrogens is 3. The van der Waals surface area contributed by atoms with Crippen LogP contribution >= 0.6 is 0 Å². The van der Waals surface area contributed by atoms with Crippen molar-refractivity contribution in [3.8, 4) is 11.4 Å². The van der Waals surface area contributed by atoms with Gasteiger partial charge in [-0.2, -0.15) is 5.10 Å². The second kappa shape index (κ2) is 8.71. The number of hydrogen-bond acceptors (Lipinski definition) is 4. The highest BCUT2D eigenvalue weighted by atomic mass is 19.1. The molecule has 31 heavy (non-hydrogen) atoms. The van der Waals surface area contributed by atoms with E-state index in [1.165, 1.54) is 12.1 Å². The van der Waals surface area contributed by atoms with Crippen molar-refractivity contribution >= 4 is 12.0 Å². The van der Waals surface area contributed by atoms with E-state index in [2.05, 4.69) is 10.1 Å². The Kier molecular flexibility index (Phi) is 5.84. The first kappa shape index (κ1) is 20.8. The molecule has 1 saturated heterocycles. The molecule has 7 heteroatoms. The van der Waals surface area contributed by atoms with Gasteiger partial charge in [-0.15, -0.1) is 0 Å². The second-order valence-electron chi connectivity index (χ2n) is 7.67. The molecule has 0 spiro atoms. The van der Waals surface area contributed by atoms with Gasteiger partial charge >= 0.3 is 0 Å². The highest BCUT2D eigenvalue weighted by Gasteiger charge is 2.28. The monoisotopic (exact) mass is 420 g/mol. The van der Waals surface area contributed by atoms with E-state index >= 15 is 0 Å². The van der Waals surface area contributed by atoms with Gasteiger partial charge in [0.1, 0.15) is 29.4 Å². The predicted molar refractivity (Wildman–Crippen MR) is 116 cm³/mol. The standard InChI is InChI=1S/C24H25FN4O2/c1-16(19-7-9-21(25)10-8-19)28-12-4-5-20(24(28)30)13-18-6-11-22(23(14-18)31-3)29-15-26-17(2)27-29/h6-11,13-16H,4-5,12H2,1-3H3/t16-/m0/s1. The third-order valence-electron chi connectivity index (χ3n) is 5.60. The minimum absolute atomic E-state index is 0.0121. The van der Waals surface area contributed by atoms with Crippen molar-refractivity contribution in [2.75, 3.05) is 13.7 Å². The smallest absolute Gasteiger partial charge is 0.250 e. The van der Waals surface area contributed by atoms with Crippen molar-refractivity contribution in [3.05, 3.63) is 77.1 Å². The highest BCUT2D eigenvalue weighted by molar-refractivity contribution is 5.98. The number of rotatable bonds is 5. The van der Waals surface area contributed by atoms with Crippen LogP contribution in [-0.2, 0) is 4.79 Å². The van der Waals surface area contributed by atoms with Crippen molar-refractivity contribution in [1.29, 1.82) is 0 Å². The third kappa shape index (κ3) is 4.35. The molecule has 160 valence electrons. The number of likely N-dealkylation sites (tertiary alicyclic amines) is 1. The molecule has 1 fully saturated rings. The summed E-state index contributed by atoms with van der Waals surface area (Å²) in [6, 6.07) is 12.0. The Hall–Kier alpha value is -3.48. The van der Waals surface area contributed by atoms with Gasteiger partial charge in [0.05, 0.1) is 13.2 Å². The van der Waals surface area contributed by atoms with E-state index in [4.69, 9.17) is 4.74 Å². The Morgan fingerprint density at radius 1 is 1.19 bits per heavy atom. The first-order valence-electron chi connectivity index (χ1n) is 10.3. The van der Waals surface area contributed by atoms with Crippen LogP contribution in [0.2, 0.25) is 0 Å². The summed E-state index contributed by atoms with van der Waals surface area (Å²) in [5, 5.41) is 4.34. The number of carbonyl (C=O) groups is 1. The maximum atomic E-state index is 13.3. The number of halogens is 1. The molecular weight excluding hydrogens is 395 g/mol. The molecule has 0 aliphatic carbocycles. The first-order chi connectivity index (χ1) is 15.0. The Morgan fingerprint density at radius 2 is 1.97 bits per heavy atom. The molecular formula is C24H25FN4O2. The van der Waals surface area contributed by atoms with E-state index in [-0.39, 0.29) is 17.8 Å². The summed E-state index contributed by atoms with van der Waals surface area (Å²) in [6.45, 7) is 4.49. The molecule has 1 atom stereocenters. The molecule has 1 aromatic heterocycles. The van der Waals surface area contributed by atoms with Gasteiger partial charge in [0, 0.05) is 12.1 Å². The van der Waals surface area contributed by atoms with E-state index in [1.54, 1.807) is 30.3 Å². The van der Waals surface area contributed by atoms with Crippen LogP contribution in [0.5, 0.6) is 5.75 Å². The normalized spacial score (nSPS) is 16.6. The van der Waals surface area contributed by atoms with Crippen LogP contribution in [0.1, 0.15) is 42.8 Å². The van der Waals surface area contributed by atoms with Crippen LogP contribution in [0.25, 0.3) is 11.8 Å². The lowest BCUT2D eigenvalue weighted by molar-refractivity contribution is -0.130. The molecule has 0 bridgehead atoms. The van der Waals surface area contributed by atoms with Crippen molar-refractivity contribution in [3.63, 3.8) is 0 Å². The third-order valence-corrected chi connectivity index (χ3v) is 5.60. The summed E-state index contributed by atoms with van der Waals surface area (Å²) in [5.74, 6) is 1.06. The summed E-state index contributed by atoms with van der Waals surface area (Å²) in [4.78, 5) is 19.2. The summed E-state index contributed by atoms with van der Waals surface area (Å²) >= 11 is 0. The van der Waals surface area contributed by atoms with Crippen LogP contribution in [0.3, 0.4) is 0 Å². The number of hydrogen-bond donors (Lipinski definition) is 0. The molecule has 1 aliphatic rings. The highest BCUT2D eigenvalue weighted by Crippen LogP contribution is 2.30. The van der Waals surface area contributed by atoms with Crippen molar-refractivity contribution in [2.45, 2.75) is 32.7 Å². The van der Waals surface area contributed by atoms with Crippen molar-refractivity contribution in [1.82, 2.24) is 19.7 Å². The lowest BCUT2D eigenvalue weighted by atomic mass is 9.97. The molecule has 6 nitrogen and oxygen atoms in total. The number of aryl methyl sites for hydroxylation is 1. The fourth-order valence-electron chi connectivity index (χ4n) is 3.89. The van der Waals surface area contributed by atoms with E-state index < -0.39 is 0 Å². The van der Waals surface area contributed by atoms with E-state index in [0.717, 1.165) is 35.2 Å². The van der Waals surface area contributed by atoms with Crippen LogP contribution in [0.15, 0.2) is 54.4 Å². The minimum atomic E-state index is -0.278. The first-order valence-corrected chi connectivity index (χ1v) is 10.3. The van der Waals surface area contributed by atoms with E-state index in [0.29, 0.717) is 18.1 Å². The largest absolute Gasteiger partial charge is 0.494 e. The van der Waals surface area contributed by atoms with Crippen molar-refractivity contribution < 1.29 is 13.9 Å². The van der Waals surface area contributed by atoms with Crippen molar-refractivity contribution in [2.24, 2.45) is 0 Å². The average Bonchev–Trinajstić information content (AvgIpc) is 3.21. The predicted octanol–water partition coefficient (Wildman–Crippen LogP) is 4.49. The molecule has 3 aromatic rings. The summed E-state index contributed by atoms with van der Waals surface area (Å²) in [7, 11) is 1.61. The second-order valence-corrected chi connectivity index (χ2v) is 7.67. The Bertz CT molecular complexity index is 1120. The molecule has 2 heterocycles. The summed E-state index contributed by atoms with van der Waals surface area (Å²) in [5.41, 5.74) is 3.35. The summed E-state index contributed by atoms with van der Waals surface area (Å²) in [6.07, 6.45) is 5.17. The number of carbonyl (C=O) groups excluding carboxylic acids is 1. The molecule has 0 saturated carbocycles. The van der Waals surface area contributed by atoms with Gasteiger partial charge in [-0.1, -0.05) is 18.2 Å². The Balaban J connectivity index is 1.59. The molecule has 1 aliphatic heterocycles. The van der Waals surface area contributed by atoms with Gasteiger partial charge < -0.3 is 9.64 Å². The maximum absolute atomic E-state index is 13.3. The number of methoxy groups -OCH3 is 1. The zero-order valence-corrected chi connectivity index (χ0v) is 17.9. The van der Waals surface area contributed by atoms with Gasteiger partial charge in [0.2, 0.25) is 5.91 Å². The van der Waals surface area contributed by atoms with Crippen LogP contribution < -0.4 is 4.74 Å². The van der Waals surface area contributed by atoms with Gasteiger partial charge in [-0.05, 0) is 68.2 Å². The Labute approximate surface area is 181 Å². The number of ether oxygens (including phenoxy) is 1. The average molecular weight is 420 g/mol. The Morgan fingerprint density at radius 3 is 2.65 bits per heavy atom. The topological polar surface area (TPSA) is 60.2 Å². The molecule has 2 aromatic carbocycles. The van der Waals surface area contributed by atoms with Crippen LogP contribution in [-0.4, -0.2) is 39.2 Å². The van der Waals surface area contributed by atoms with Gasteiger partial charge in [-0.25, -0.2) is 14.1 Å². The molecule has 4 rings (SSSR count). The molecule has 0 radical (unpaired) electrons. The number of piperidine rings is 1. The van der Waals surface area contributed by atoms with Gasteiger partial charge in [0.15, 0.2) is 0 Å². The SMILES string of the molecule is COc1cc(C=C2CCCN([C@@H](C)c3ccc(F)cc3)C2=O)ccc1-n1cnc(C)n1. The molecule has 0 N–H and O–H groups in total. The fourth-order valence-corrected chi connectivity index (χ4v) is 3.89. The van der Waals surface area contributed by atoms with Crippen LogP contribution in [0, 0.1) is 12.7 Å². The van der Waals surface area contributed by atoms with Gasteiger partial charge in [0.25, 0.3) is 0 Å². The quantitative estimate of drug-likeness (QED) is 0.571. The molecule has 1 amide bonds. The lowest BCUT2D eigenvalue weighted by Crippen LogP contribution is -2.38. The maximum Gasteiger partial charge on any atom is 0.250 e. The zero-order chi connectivity index (χ0) is 22.0. The summed E-state index contributed by atoms with van der Waals surface area (Å²) < 4.78 is 20.5. The lowest BCUT2D eigenvalue weighted by Gasteiger charge is -2.34. The number of benzene rings is 2. The molecule has 0 unspecified atom stereocenters. The van der Waals surface area contributed by atoms with E-state index in [9.17, 15) is 9.18 Å². The van der Waals surface area contributed by atoms with Crippen LogP contribution in [0.4, 0.5) is 4.39 Å². The van der Waals surface area contributed by atoms with E-state index in [1.807, 2.05) is 43.0 Å². The fraction of sp³-hybridized carbons (Fsp3) is 0.292. The minimum Gasteiger partial charge on any atom is -0.494 e. The zero-order valence-electron chi connectivity index (χ0n) is 17.9. The van der Waals surface area contributed by atoms with Gasteiger partial charge in [-0.3, -0.25) is 4.79 Å². The number of nitrogens with zero attached hydrogens (tertiary/aromatic N) is 4. The number of amides is 1.